The molecule has 0 atom stereocenters. The van der Waals surface area contributed by atoms with Crippen molar-refractivity contribution in [3.63, 3.8) is 0 Å². The van der Waals surface area contributed by atoms with Crippen LogP contribution in [0.15, 0.2) is 206 Å². The van der Waals surface area contributed by atoms with Gasteiger partial charge in [-0.05, 0) is 80.3 Å². The second kappa shape index (κ2) is 13.8. The topological polar surface area (TPSA) is 43.6 Å². The molecule has 0 radical (unpaired) electrons. The largest absolute Gasteiger partial charge is 0.309 e. The summed E-state index contributed by atoms with van der Waals surface area (Å²) < 4.78 is 4.92. The van der Waals surface area contributed by atoms with E-state index in [2.05, 4.69) is 211 Å². The lowest BCUT2D eigenvalue weighted by molar-refractivity contribution is 1.08. The monoisotopic (exact) mass is 806 g/mol. The Morgan fingerprint density at radius 1 is 0.306 bits per heavy atom. The number of hydrogen-bond acceptors (Lipinski definition) is 4. The summed E-state index contributed by atoms with van der Waals surface area (Å²) in [5.41, 5.74) is 8.48. The van der Waals surface area contributed by atoms with Gasteiger partial charge in [0.15, 0.2) is 17.5 Å². The molecule has 0 saturated carbocycles. The fourth-order valence-electron chi connectivity index (χ4n) is 9.56. The van der Waals surface area contributed by atoms with E-state index in [0.29, 0.717) is 17.5 Å². The van der Waals surface area contributed by atoms with Crippen LogP contribution in [-0.4, -0.2) is 19.5 Å². The van der Waals surface area contributed by atoms with Gasteiger partial charge in [-0.25, -0.2) is 15.0 Å². The van der Waals surface area contributed by atoms with Gasteiger partial charge in [0.25, 0.3) is 0 Å². The Labute approximate surface area is 360 Å². The van der Waals surface area contributed by atoms with Crippen molar-refractivity contribution in [1.29, 1.82) is 0 Å². The lowest BCUT2D eigenvalue weighted by Gasteiger charge is -2.16. The van der Waals surface area contributed by atoms with Gasteiger partial charge in [-0.2, -0.15) is 0 Å². The van der Waals surface area contributed by atoms with E-state index in [4.69, 9.17) is 15.0 Å². The maximum absolute atomic E-state index is 5.44. The van der Waals surface area contributed by atoms with Gasteiger partial charge in [0.2, 0.25) is 0 Å². The fourth-order valence-corrected chi connectivity index (χ4v) is 10.8. The second-order valence-electron chi connectivity index (χ2n) is 15.9. The number of nitrogens with zero attached hydrogens (tertiary/aromatic N) is 4. The van der Waals surface area contributed by atoms with Crippen LogP contribution in [0.3, 0.4) is 0 Å². The molecule has 3 aromatic heterocycles. The van der Waals surface area contributed by atoms with Gasteiger partial charge in [0.1, 0.15) is 0 Å². The summed E-state index contributed by atoms with van der Waals surface area (Å²) in [7, 11) is 0. The molecule has 13 aromatic rings. The molecule has 0 spiro atoms. The van der Waals surface area contributed by atoms with Crippen molar-refractivity contribution in [2.24, 2.45) is 0 Å². The molecule has 62 heavy (non-hydrogen) atoms. The molecular formula is C57H34N4S. The average Bonchev–Trinajstić information content (AvgIpc) is 3.88. The number of fused-ring (bicyclic) bond motifs is 9. The highest BCUT2D eigenvalue weighted by atomic mass is 32.1. The lowest BCUT2D eigenvalue weighted by atomic mass is 9.96. The van der Waals surface area contributed by atoms with Gasteiger partial charge >= 0.3 is 0 Å². The summed E-state index contributed by atoms with van der Waals surface area (Å²) in [4.78, 5) is 16.2. The first-order valence-electron chi connectivity index (χ1n) is 20.9. The Bertz CT molecular complexity index is 3840. The molecule has 4 nitrogen and oxygen atoms in total. The van der Waals surface area contributed by atoms with Crippen LogP contribution >= 0.6 is 11.3 Å². The first kappa shape index (κ1) is 34.8. The van der Waals surface area contributed by atoms with E-state index in [1.54, 1.807) is 0 Å². The summed E-state index contributed by atoms with van der Waals surface area (Å²) in [6.45, 7) is 0. The molecule has 0 aliphatic rings. The third-order valence-electron chi connectivity index (χ3n) is 12.4. The van der Waals surface area contributed by atoms with Crippen LogP contribution in [0.4, 0.5) is 0 Å². The maximum atomic E-state index is 5.44. The van der Waals surface area contributed by atoms with Crippen molar-refractivity contribution in [1.82, 2.24) is 19.5 Å². The van der Waals surface area contributed by atoms with Crippen molar-refractivity contribution in [2.45, 2.75) is 0 Å². The summed E-state index contributed by atoms with van der Waals surface area (Å²) in [6, 6.07) is 74.0. The molecule has 5 heteroatoms. The molecule has 10 aromatic carbocycles. The predicted octanol–water partition coefficient (Wildman–Crippen LogP) is 15.5. The molecule has 0 aliphatic carbocycles. The SMILES string of the molecule is c1ccc2cc3c(cc2c1)c1ccccc1n3-c1ccc(-c2nc(-c3cccc4ccccc34)nc(-c3cccc4ccccc34)n2)c(-c2cccc3c2sc2ccccc23)c1. The molecular weight excluding hydrogens is 773 g/mol. The van der Waals surface area contributed by atoms with Crippen LogP contribution in [0, 0.1) is 0 Å². The number of thiophene rings is 1. The Kier molecular flexibility index (Phi) is 7.74. The molecule has 0 saturated heterocycles. The number of aromatic nitrogens is 4. The molecule has 288 valence electrons. The third kappa shape index (κ3) is 5.42. The summed E-state index contributed by atoms with van der Waals surface area (Å²) in [5.74, 6) is 1.90. The maximum Gasteiger partial charge on any atom is 0.164 e. The predicted molar refractivity (Wildman–Crippen MR) is 261 cm³/mol. The van der Waals surface area contributed by atoms with Gasteiger partial charge in [0.05, 0.1) is 11.0 Å². The minimum atomic E-state index is 0.624. The Balaban J connectivity index is 1.13. The van der Waals surface area contributed by atoms with Crippen LogP contribution < -0.4 is 0 Å². The fraction of sp³-hybridized carbons (Fsp3) is 0. The van der Waals surface area contributed by atoms with E-state index in [-0.39, 0.29) is 0 Å². The highest BCUT2D eigenvalue weighted by Crippen LogP contribution is 2.45. The molecule has 0 N–H and O–H groups in total. The third-order valence-corrected chi connectivity index (χ3v) is 13.7. The minimum absolute atomic E-state index is 0.624. The first-order chi connectivity index (χ1) is 30.7. The Morgan fingerprint density at radius 3 is 1.53 bits per heavy atom. The summed E-state index contributed by atoms with van der Waals surface area (Å²) in [5, 5.41) is 11.9. The van der Waals surface area contributed by atoms with E-state index < -0.39 is 0 Å². The Hall–Kier alpha value is -7.99. The summed E-state index contributed by atoms with van der Waals surface area (Å²) in [6.07, 6.45) is 0. The van der Waals surface area contributed by atoms with Crippen molar-refractivity contribution in [2.75, 3.05) is 0 Å². The van der Waals surface area contributed by atoms with Gasteiger partial charge in [0, 0.05) is 58.9 Å². The number of hydrogen-bond donors (Lipinski definition) is 0. The molecule has 0 unspecified atom stereocenters. The van der Waals surface area contributed by atoms with Crippen molar-refractivity contribution >= 4 is 85.6 Å². The molecule has 0 bridgehead atoms. The number of rotatable bonds is 5. The smallest absolute Gasteiger partial charge is 0.164 e. The zero-order chi connectivity index (χ0) is 40.7. The standard InChI is InChI=1S/C57H34N4S/c1-2-17-38-33-52-50(32-37(38)16-1)42-22-7-9-28-51(42)61(52)39-30-31-48(49(34-39)45-25-13-24-44-43-23-8-10-29-53(43)62-54(44)45)57-59-55(46-26-11-18-35-14-3-5-20-40(35)46)58-56(60-57)47-27-12-19-36-15-4-6-21-41(36)47/h1-34H. The van der Waals surface area contributed by atoms with Crippen molar-refractivity contribution in [3.8, 4) is 51.0 Å². The van der Waals surface area contributed by atoms with Gasteiger partial charge in [-0.3, -0.25) is 0 Å². The number of benzene rings is 10. The summed E-state index contributed by atoms with van der Waals surface area (Å²) >= 11 is 1.84. The highest BCUT2D eigenvalue weighted by Gasteiger charge is 2.22. The highest BCUT2D eigenvalue weighted by molar-refractivity contribution is 7.26. The average molecular weight is 807 g/mol. The van der Waals surface area contributed by atoms with Gasteiger partial charge in [-0.1, -0.05) is 164 Å². The van der Waals surface area contributed by atoms with E-state index >= 15 is 0 Å². The normalized spacial score (nSPS) is 11.9. The molecule has 0 amide bonds. The lowest BCUT2D eigenvalue weighted by Crippen LogP contribution is -2.03. The van der Waals surface area contributed by atoms with Crippen LogP contribution in [0.2, 0.25) is 0 Å². The second-order valence-corrected chi connectivity index (χ2v) is 17.0. The molecule has 0 fully saturated rings. The van der Waals surface area contributed by atoms with Crippen LogP contribution in [-0.2, 0) is 0 Å². The van der Waals surface area contributed by atoms with Gasteiger partial charge in [-0.15, -0.1) is 11.3 Å². The Morgan fingerprint density at radius 2 is 0.823 bits per heavy atom. The zero-order valence-corrected chi connectivity index (χ0v) is 34.1. The number of para-hydroxylation sites is 1. The van der Waals surface area contributed by atoms with Crippen LogP contribution in [0.1, 0.15) is 0 Å². The van der Waals surface area contributed by atoms with E-state index in [1.165, 1.54) is 47.2 Å². The van der Waals surface area contributed by atoms with Crippen LogP contribution in [0.5, 0.6) is 0 Å². The molecule has 0 aliphatic heterocycles. The van der Waals surface area contributed by atoms with E-state index in [9.17, 15) is 0 Å². The first-order valence-corrected chi connectivity index (χ1v) is 21.7. The van der Waals surface area contributed by atoms with Crippen molar-refractivity contribution < 1.29 is 0 Å². The molecule has 13 rings (SSSR count). The minimum Gasteiger partial charge on any atom is -0.309 e. The van der Waals surface area contributed by atoms with Gasteiger partial charge < -0.3 is 4.57 Å². The van der Waals surface area contributed by atoms with Crippen LogP contribution in [0.25, 0.3) is 125 Å². The van der Waals surface area contributed by atoms with Crippen molar-refractivity contribution in [3.05, 3.63) is 206 Å². The zero-order valence-electron chi connectivity index (χ0n) is 33.3. The van der Waals surface area contributed by atoms with E-state index in [0.717, 1.165) is 60.6 Å². The quantitative estimate of drug-likeness (QED) is 0.174. The molecule has 3 heterocycles. The van der Waals surface area contributed by atoms with E-state index in [1.807, 2.05) is 11.3 Å².